The number of hydrogen-bond acceptors (Lipinski definition) is 3. The maximum Gasteiger partial charge on any atom is 0.307 e. The number of carboxylic acid groups (broad SMARTS) is 1. The average Bonchev–Trinajstić information content (AvgIpc) is 3.42. The third-order valence-corrected chi connectivity index (χ3v) is 7.07. The van der Waals surface area contributed by atoms with Crippen LogP contribution < -0.4 is 5.32 Å². The van der Waals surface area contributed by atoms with E-state index in [9.17, 15) is 19.5 Å². The molecule has 1 unspecified atom stereocenters. The SMILES string of the molecule is O=C(CCC1CCCC1)Nc1ccc(-c2ccc(C(=O)CC(Cc3ccccc3)C(=O)O)cc2)cc1. The first-order valence-electron chi connectivity index (χ1n) is 12.8. The molecule has 36 heavy (non-hydrogen) atoms. The van der Waals surface area contributed by atoms with E-state index in [-0.39, 0.29) is 18.1 Å². The van der Waals surface area contributed by atoms with E-state index in [1.54, 1.807) is 12.1 Å². The maximum atomic E-state index is 12.8. The van der Waals surface area contributed by atoms with E-state index < -0.39 is 11.9 Å². The van der Waals surface area contributed by atoms with E-state index in [0.29, 0.717) is 24.3 Å². The number of ketones is 1. The fraction of sp³-hybridized carbons (Fsp3) is 0.323. The third-order valence-electron chi connectivity index (χ3n) is 7.07. The van der Waals surface area contributed by atoms with E-state index in [2.05, 4.69) is 5.32 Å². The van der Waals surface area contributed by atoms with Crippen LogP contribution in [0.5, 0.6) is 0 Å². The molecule has 0 heterocycles. The largest absolute Gasteiger partial charge is 0.481 e. The minimum absolute atomic E-state index is 0.0429. The quantitative estimate of drug-likeness (QED) is 0.295. The predicted molar refractivity (Wildman–Crippen MR) is 142 cm³/mol. The van der Waals surface area contributed by atoms with Crippen LogP contribution in [0.25, 0.3) is 11.1 Å². The van der Waals surface area contributed by atoms with Gasteiger partial charge in [-0.05, 0) is 47.6 Å². The first-order valence-corrected chi connectivity index (χ1v) is 12.8. The molecule has 3 aromatic carbocycles. The van der Waals surface area contributed by atoms with Crippen molar-refractivity contribution < 1.29 is 19.5 Å². The van der Waals surface area contributed by atoms with Crippen LogP contribution in [0.1, 0.15) is 60.9 Å². The molecule has 2 N–H and O–H groups in total. The highest BCUT2D eigenvalue weighted by Gasteiger charge is 2.22. The van der Waals surface area contributed by atoms with E-state index in [4.69, 9.17) is 0 Å². The Bertz CT molecular complexity index is 1160. The van der Waals surface area contributed by atoms with Crippen LogP contribution in [0, 0.1) is 11.8 Å². The molecule has 0 aromatic heterocycles. The monoisotopic (exact) mass is 483 g/mol. The number of amides is 1. The van der Waals surface area contributed by atoms with Gasteiger partial charge >= 0.3 is 5.97 Å². The Balaban J connectivity index is 1.32. The van der Waals surface area contributed by atoms with Crippen molar-refractivity contribution in [1.82, 2.24) is 0 Å². The van der Waals surface area contributed by atoms with Gasteiger partial charge in [0.25, 0.3) is 0 Å². The number of aliphatic carboxylic acids is 1. The van der Waals surface area contributed by atoms with Gasteiger partial charge in [0.2, 0.25) is 5.91 Å². The van der Waals surface area contributed by atoms with Crippen LogP contribution in [0.3, 0.4) is 0 Å². The Labute approximate surface area is 212 Å². The Kier molecular flexibility index (Phi) is 8.66. The number of anilines is 1. The molecule has 1 saturated carbocycles. The topological polar surface area (TPSA) is 83.5 Å². The van der Waals surface area contributed by atoms with Crippen LogP contribution in [0.15, 0.2) is 78.9 Å². The van der Waals surface area contributed by atoms with Gasteiger partial charge in [-0.15, -0.1) is 0 Å². The van der Waals surface area contributed by atoms with Crippen molar-refractivity contribution in [2.24, 2.45) is 11.8 Å². The van der Waals surface area contributed by atoms with E-state index in [1.165, 1.54) is 25.7 Å². The fourth-order valence-electron chi connectivity index (χ4n) is 4.94. The lowest BCUT2D eigenvalue weighted by Gasteiger charge is -2.12. The van der Waals surface area contributed by atoms with Crippen molar-refractivity contribution in [3.05, 3.63) is 90.0 Å². The summed E-state index contributed by atoms with van der Waals surface area (Å²) in [5.41, 5.74) is 4.11. The molecule has 1 aliphatic carbocycles. The zero-order valence-electron chi connectivity index (χ0n) is 20.5. The molecular weight excluding hydrogens is 450 g/mol. The number of rotatable bonds is 11. The van der Waals surface area contributed by atoms with E-state index in [0.717, 1.165) is 28.8 Å². The second-order valence-corrected chi connectivity index (χ2v) is 9.74. The van der Waals surface area contributed by atoms with Crippen molar-refractivity contribution in [3.8, 4) is 11.1 Å². The van der Waals surface area contributed by atoms with E-state index in [1.807, 2.05) is 66.7 Å². The van der Waals surface area contributed by atoms with Crippen LogP contribution in [-0.2, 0) is 16.0 Å². The minimum atomic E-state index is -0.963. The number of hydrogen-bond donors (Lipinski definition) is 2. The van der Waals surface area contributed by atoms with Crippen molar-refractivity contribution in [1.29, 1.82) is 0 Å². The Morgan fingerprint density at radius 2 is 1.44 bits per heavy atom. The molecule has 0 radical (unpaired) electrons. The number of nitrogens with one attached hydrogen (secondary N) is 1. The lowest BCUT2D eigenvalue weighted by atomic mass is 9.91. The maximum absolute atomic E-state index is 12.8. The zero-order valence-corrected chi connectivity index (χ0v) is 20.5. The molecule has 5 nitrogen and oxygen atoms in total. The van der Waals surface area contributed by atoms with Gasteiger partial charge in [0.1, 0.15) is 0 Å². The predicted octanol–water partition coefficient (Wildman–Crippen LogP) is 6.78. The Morgan fingerprint density at radius 1 is 0.833 bits per heavy atom. The fourth-order valence-corrected chi connectivity index (χ4v) is 4.94. The van der Waals surface area contributed by atoms with Crippen LogP contribution >= 0.6 is 0 Å². The molecule has 0 bridgehead atoms. The van der Waals surface area contributed by atoms with Crippen molar-refractivity contribution in [2.45, 2.75) is 51.4 Å². The zero-order chi connectivity index (χ0) is 25.3. The van der Waals surface area contributed by atoms with Gasteiger partial charge in [-0.25, -0.2) is 0 Å². The normalized spacial score (nSPS) is 14.3. The standard InChI is InChI=1S/C31H33NO4/c33-29(21-27(31(35)36)20-23-8-2-1-3-9-23)26-13-11-24(12-14-26)25-15-17-28(18-16-25)32-30(34)19-10-22-6-4-5-7-22/h1-3,8-9,11-18,22,27H,4-7,10,19-21H2,(H,32,34)(H,35,36). The molecule has 3 aromatic rings. The summed E-state index contributed by atoms with van der Waals surface area (Å²) in [5.74, 6) is -1.15. The highest BCUT2D eigenvalue weighted by Crippen LogP contribution is 2.29. The highest BCUT2D eigenvalue weighted by molar-refractivity contribution is 5.98. The molecule has 0 spiro atoms. The minimum Gasteiger partial charge on any atom is -0.481 e. The summed E-state index contributed by atoms with van der Waals surface area (Å²) in [6.45, 7) is 0. The molecule has 0 aliphatic heterocycles. The average molecular weight is 484 g/mol. The first-order chi connectivity index (χ1) is 17.5. The summed E-state index contributed by atoms with van der Waals surface area (Å²) in [4.78, 5) is 36.8. The third kappa shape index (κ3) is 7.14. The molecule has 186 valence electrons. The molecule has 1 fully saturated rings. The summed E-state index contributed by atoms with van der Waals surface area (Å²) in [6, 6.07) is 24.3. The number of carbonyl (C=O) groups excluding carboxylic acids is 2. The molecule has 4 rings (SSSR count). The molecule has 1 amide bonds. The summed E-state index contributed by atoms with van der Waals surface area (Å²) < 4.78 is 0. The van der Waals surface area contributed by atoms with Crippen molar-refractivity contribution in [2.75, 3.05) is 5.32 Å². The number of carboxylic acids is 1. The number of carbonyl (C=O) groups is 3. The Morgan fingerprint density at radius 3 is 2.06 bits per heavy atom. The van der Waals surface area contributed by atoms with Gasteiger partial charge in [0.15, 0.2) is 5.78 Å². The van der Waals surface area contributed by atoms with Crippen molar-refractivity contribution >= 4 is 23.3 Å². The summed E-state index contributed by atoms with van der Waals surface area (Å²) >= 11 is 0. The van der Waals surface area contributed by atoms with Gasteiger partial charge < -0.3 is 10.4 Å². The Hall–Kier alpha value is -3.73. The second-order valence-electron chi connectivity index (χ2n) is 9.74. The smallest absolute Gasteiger partial charge is 0.307 e. The summed E-state index contributed by atoms with van der Waals surface area (Å²) in [7, 11) is 0. The molecular formula is C31H33NO4. The second kappa shape index (κ2) is 12.3. The van der Waals surface area contributed by atoms with Gasteiger partial charge in [-0.3, -0.25) is 14.4 Å². The van der Waals surface area contributed by atoms with Gasteiger partial charge in [0, 0.05) is 24.1 Å². The first kappa shape index (κ1) is 25.4. The molecule has 5 heteroatoms. The van der Waals surface area contributed by atoms with Gasteiger partial charge in [-0.2, -0.15) is 0 Å². The van der Waals surface area contributed by atoms with Crippen LogP contribution in [0.4, 0.5) is 5.69 Å². The van der Waals surface area contributed by atoms with Crippen LogP contribution in [0.2, 0.25) is 0 Å². The van der Waals surface area contributed by atoms with Gasteiger partial charge in [-0.1, -0.05) is 92.4 Å². The molecule has 0 saturated heterocycles. The number of Topliss-reactive ketones (excluding diaryl/α,β-unsaturated/α-hetero) is 1. The summed E-state index contributed by atoms with van der Waals surface area (Å²) in [5, 5.41) is 12.6. The lowest BCUT2D eigenvalue weighted by Crippen LogP contribution is -2.20. The number of benzene rings is 3. The summed E-state index contributed by atoms with van der Waals surface area (Å²) in [6.07, 6.45) is 6.90. The van der Waals surface area contributed by atoms with Crippen LogP contribution in [-0.4, -0.2) is 22.8 Å². The molecule has 1 atom stereocenters. The molecule has 1 aliphatic rings. The lowest BCUT2D eigenvalue weighted by molar-refractivity contribution is -0.141. The highest BCUT2D eigenvalue weighted by atomic mass is 16.4. The van der Waals surface area contributed by atoms with Crippen molar-refractivity contribution in [3.63, 3.8) is 0 Å². The van der Waals surface area contributed by atoms with E-state index >= 15 is 0 Å². The van der Waals surface area contributed by atoms with Gasteiger partial charge in [0.05, 0.1) is 5.92 Å².